The third-order valence-corrected chi connectivity index (χ3v) is 0.547. The van der Waals surface area contributed by atoms with Crippen LogP contribution in [-0.2, 0) is 0 Å². The van der Waals surface area contributed by atoms with E-state index in [1.165, 1.54) is 0 Å². The summed E-state index contributed by atoms with van der Waals surface area (Å²) in [6.07, 6.45) is 0.215. The Morgan fingerprint density at radius 1 is 1.57 bits per heavy atom. The summed E-state index contributed by atoms with van der Waals surface area (Å²) < 4.78 is 0. The minimum absolute atomic E-state index is 0. The number of hydrogen-bond donors (Lipinski definition) is 2. The Bertz CT molecular complexity index is 35.2. The molecule has 0 aliphatic rings. The van der Waals surface area contributed by atoms with Crippen molar-refractivity contribution >= 4 is 0 Å². The predicted molar refractivity (Wildman–Crippen MR) is 24.2 cm³/mol. The third-order valence-electron chi connectivity index (χ3n) is 0.547. The number of aliphatic hydroxyl groups excluding tert-OH is 1. The van der Waals surface area contributed by atoms with Crippen LogP contribution in [0.2, 0.25) is 0 Å². The van der Waals surface area contributed by atoms with E-state index in [0.717, 1.165) is 6.42 Å². The van der Waals surface area contributed by atoms with Crippen LogP contribution in [0.3, 0.4) is 0 Å². The van der Waals surface area contributed by atoms with E-state index in [0.29, 0.717) is 6.42 Å². The summed E-state index contributed by atoms with van der Waals surface area (Å²) >= 11 is 0. The van der Waals surface area contributed by atoms with Crippen LogP contribution in [-0.4, -0.2) is 16.5 Å². The fourth-order valence-electron chi connectivity index (χ4n) is 0.258. The second kappa shape index (κ2) is 6.92. The summed E-state index contributed by atoms with van der Waals surface area (Å²) in [5.41, 5.74) is 0. The van der Waals surface area contributed by atoms with E-state index in [-0.39, 0.29) is 31.0 Å². The molecule has 2 nitrogen and oxygen atoms in total. The van der Waals surface area contributed by atoms with Crippen molar-refractivity contribution in [3.8, 4) is 0 Å². The smallest absolute Gasteiger partial charge is 1.00 e. The molecular weight excluding hydrogens is 103 g/mol. The average molecular weight is 114 g/mol. The maximum atomic E-state index is 8.11. The van der Waals surface area contributed by atoms with Crippen molar-refractivity contribution in [2.75, 3.05) is 0 Å². The molecule has 0 atom stereocenters. The fourth-order valence-corrected chi connectivity index (χ4v) is 0.258. The molecule has 0 radical (unpaired) electrons. The Kier molecular flexibility index (Phi) is 10.7. The van der Waals surface area contributed by atoms with Crippen molar-refractivity contribution in [3.63, 3.8) is 0 Å². The Balaban J connectivity index is -0.000000125. The Morgan fingerprint density at radius 3 is 2.00 bits per heavy atom. The molecule has 3 heteroatoms. The molecule has 0 fully saturated rings. The maximum Gasteiger partial charge on any atom is 1.00 e. The number of aliphatic hydroxyl groups is 2. The van der Waals surface area contributed by atoms with Crippen LogP contribution in [0.5, 0.6) is 0 Å². The summed E-state index contributed by atoms with van der Waals surface area (Å²) in [6.45, 7) is 1.90. The zero-order valence-corrected chi connectivity index (χ0v) is 6.89. The van der Waals surface area contributed by atoms with Crippen molar-refractivity contribution in [1.82, 2.24) is 0 Å². The van der Waals surface area contributed by atoms with Crippen molar-refractivity contribution in [2.45, 2.75) is 26.1 Å². The van der Waals surface area contributed by atoms with Gasteiger partial charge in [0.05, 0.1) is 0 Å². The Hall–Kier alpha value is 0.920. The summed E-state index contributed by atoms with van der Waals surface area (Å²) in [7, 11) is 0. The fraction of sp³-hybridized carbons (Fsp3) is 1.00. The van der Waals surface area contributed by atoms with E-state index >= 15 is 0 Å². The molecular formula is C4H11NaO2. The molecule has 0 aromatic heterocycles. The molecule has 0 unspecified atom stereocenters. The van der Waals surface area contributed by atoms with Crippen LogP contribution in [0.25, 0.3) is 0 Å². The van der Waals surface area contributed by atoms with Gasteiger partial charge in [0, 0.05) is 0 Å². The molecule has 0 heterocycles. The van der Waals surface area contributed by atoms with E-state index in [4.69, 9.17) is 10.2 Å². The van der Waals surface area contributed by atoms with E-state index in [1.807, 2.05) is 6.92 Å². The number of rotatable bonds is 2. The average Bonchev–Trinajstić information content (AvgIpc) is 1.35. The first-order valence-electron chi connectivity index (χ1n) is 2.13. The van der Waals surface area contributed by atoms with Crippen molar-refractivity contribution in [2.24, 2.45) is 0 Å². The predicted octanol–water partition coefficient (Wildman–Crippen LogP) is -2.79. The van der Waals surface area contributed by atoms with Gasteiger partial charge in [-0.1, -0.05) is 13.3 Å². The van der Waals surface area contributed by atoms with Crippen LogP contribution >= 0.6 is 0 Å². The number of hydrogen-bond acceptors (Lipinski definition) is 2. The molecule has 2 N–H and O–H groups in total. The molecule has 0 aliphatic carbocycles. The molecule has 0 aromatic carbocycles. The van der Waals surface area contributed by atoms with Gasteiger partial charge in [-0.05, 0) is 6.42 Å². The van der Waals surface area contributed by atoms with Gasteiger partial charge in [-0.2, -0.15) is 0 Å². The van der Waals surface area contributed by atoms with Gasteiger partial charge in [0.1, 0.15) is 0 Å². The van der Waals surface area contributed by atoms with Gasteiger partial charge in [0.25, 0.3) is 0 Å². The molecule has 0 bridgehead atoms. The normalized spacial score (nSPS) is 8.57. The van der Waals surface area contributed by atoms with Gasteiger partial charge in [0.2, 0.25) is 0 Å². The molecule has 0 rings (SSSR count). The van der Waals surface area contributed by atoms with E-state index in [2.05, 4.69) is 0 Å². The van der Waals surface area contributed by atoms with Gasteiger partial charge >= 0.3 is 29.6 Å². The van der Waals surface area contributed by atoms with Crippen LogP contribution in [0, 0.1) is 0 Å². The van der Waals surface area contributed by atoms with E-state index in [9.17, 15) is 0 Å². The third kappa shape index (κ3) is 10.9. The van der Waals surface area contributed by atoms with Crippen molar-refractivity contribution < 1.29 is 41.2 Å². The van der Waals surface area contributed by atoms with Gasteiger partial charge in [0.15, 0.2) is 6.29 Å². The quantitative estimate of drug-likeness (QED) is 0.301. The van der Waals surface area contributed by atoms with E-state index < -0.39 is 6.29 Å². The zero-order chi connectivity index (χ0) is 4.99. The van der Waals surface area contributed by atoms with Crippen LogP contribution in [0.4, 0.5) is 0 Å². The largest absolute Gasteiger partial charge is 1.00 e. The minimum Gasteiger partial charge on any atom is -1.00 e. The van der Waals surface area contributed by atoms with Gasteiger partial charge in [-0.25, -0.2) is 0 Å². The molecule has 0 saturated heterocycles. The molecule has 0 aromatic rings. The minimum atomic E-state index is -1.10. The van der Waals surface area contributed by atoms with E-state index in [1.54, 1.807) is 0 Å². The summed E-state index contributed by atoms with van der Waals surface area (Å²) in [5.74, 6) is 0. The topological polar surface area (TPSA) is 40.5 Å². The Labute approximate surface area is 67.3 Å². The van der Waals surface area contributed by atoms with Crippen molar-refractivity contribution in [3.05, 3.63) is 0 Å². The summed E-state index contributed by atoms with van der Waals surface area (Å²) in [4.78, 5) is 0. The van der Waals surface area contributed by atoms with Crippen LogP contribution in [0.15, 0.2) is 0 Å². The first-order chi connectivity index (χ1) is 2.77. The van der Waals surface area contributed by atoms with Crippen molar-refractivity contribution in [1.29, 1.82) is 0 Å². The SMILES string of the molecule is CCCC(O)O.[H-].[Na+]. The first kappa shape index (κ1) is 10.8. The van der Waals surface area contributed by atoms with Crippen LogP contribution in [0.1, 0.15) is 21.2 Å². The standard InChI is InChI=1S/C4H10O2.Na.H/c1-2-3-4(5)6;;/h4-6H,2-3H2,1H3;;/q;+1;-1. The second-order valence-corrected chi connectivity index (χ2v) is 1.27. The molecule has 40 valence electrons. The summed E-state index contributed by atoms with van der Waals surface area (Å²) in [5, 5.41) is 16.2. The van der Waals surface area contributed by atoms with Gasteiger partial charge in [-0.15, -0.1) is 0 Å². The first-order valence-corrected chi connectivity index (χ1v) is 2.13. The maximum absolute atomic E-state index is 8.11. The molecule has 7 heavy (non-hydrogen) atoms. The second-order valence-electron chi connectivity index (χ2n) is 1.27. The monoisotopic (exact) mass is 114 g/mol. The molecule has 0 spiro atoms. The molecule has 0 saturated carbocycles. The molecule has 0 amide bonds. The van der Waals surface area contributed by atoms with Gasteiger partial charge in [-0.3, -0.25) is 0 Å². The van der Waals surface area contributed by atoms with Crippen LogP contribution < -0.4 is 29.6 Å². The Morgan fingerprint density at radius 2 is 2.00 bits per heavy atom. The zero-order valence-electron chi connectivity index (χ0n) is 5.89. The van der Waals surface area contributed by atoms with Gasteiger partial charge < -0.3 is 11.6 Å². The summed E-state index contributed by atoms with van der Waals surface area (Å²) in [6, 6.07) is 0. The molecule has 0 aliphatic heterocycles.